The lowest BCUT2D eigenvalue weighted by molar-refractivity contribution is 0.0683. The van der Waals surface area contributed by atoms with Crippen molar-refractivity contribution in [3.8, 4) is 0 Å². The average molecular weight is 348 g/mol. The Hall–Kier alpha value is -1.87. The highest BCUT2D eigenvalue weighted by atomic mass is 16.2. The second kappa shape index (κ2) is 6.38. The summed E-state index contributed by atoms with van der Waals surface area (Å²) in [5.41, 5.74) is 1.21. The molecule has 2 saturated heterocycles. The SMILES string of the molecule is O=C(c1cccc2ccccc12)N1CC[C@@]2(CCCN(CC3CC3)C2)C1. The summed E-state index contributed by atoms with van der Waals surface area (Å²) < 4.78 is 0. The van der Waals surface area contributed by atoms with Crippen molar-refractivity contribution in [2.24, 2.45) is 11.3 Å². The molecule has 2 aromatic rings. The lowest BCUT2D eigenvalue weighted by Crippen LogP contribution is -2.46. The smallest absolute Gasteiger partial charge is 0.254 e. The normalized spacial score (nSPS) is 26.7. The van der Waals surface area contributed by atoms with Crippen LogP contribution in [0.5, 0.6) is 0 Å². The van der Waals surface area contributed by atoms with Crippen LogP contribution < -0.4 is 0 Å². The van der Waals surface area contributed by atoms with Gasteiger partial charge < -0.3 is 9.80 Å². The van der Waals surface area contributed by atoms with E-state index in [0.29, 0.717) is 5.41 Å². The predicted molar refractivity (Wildman–Crippen MR) is 105 cm³/mol. The van der Waals surface area contributed by atoms with Crippen LogP contribution in [-0.4, -0.2) is 48.4 Å². The van der Waals surface area contributed by atoms with Crippen LogP contribution in [-0.2, 0) is 0 Å². The molecule has 3 fully saturated rings. The molecule has 3 nitrogen and oxygen atoms in total. The first-order valence-corrected chi connectivity index (χ1v) is 10.2. The molecule has 136 valence electrons. The fraction of sp³-hybridized carbons (Fsp3) is 0.522. The van der Waals surface area contributed by atoms with Crippen molar-refractivity contribution >= 4 is 16.7 Å². The Morgan fingerprint density at radius 1 is 1.00 bits per heavy atom. The topological polar surface area (TPSA) is 23.6 Å². The first kappa shape index (κ1) is 16.3. The molecule has 2 aromatic carbocycles. The van der Waals surface area contributed by atoms with Crippen LogP contribution >= 0.6 is 0 Å². The minimum Gasteiger partial charge on any atom is -0.338 e. The maximum Gasteiger partial charge on any atom is 0.254 e. The molecular weight excluding hydrogens is 320 g/mol. The van der Waals surface area contributed by atoms with Gasteiger partial charge in [-0.05, 0) is 61.4 Å². The standard InChI is InChI=1S/C23H28N2O/c26-22(21-8-3-6-19-5-1-2-7-20(19)21)25-14-12-23(17-25)11-4-13-24(16-23)15-18-9-10-18/h1-3,5-8,18H,4,9-17H2/t23-/m1/s1. The minimum absolute atomic E-state index is 0.220. The van der Waals surface area contributed by atoms with E-state index in [1.807, 2.05) is 24.3 Å². The van der Waals surface area contributed by atoms with E-state index in [2.05, 4.69) is 28.0 Å². The van der Waals surface area contributed by atoms with E-state index in [9.17, 15) is 4.79 Å². The Labute approximate surface area is 156 Å². The Bertz CT molecular complexity index is 823. The van der Waals surface area contributed by atoms with Crippen molar-refractivity contribution < 1.29 is 4.79 Å². The van der Waals surface area contributed by atoms with Crippen molar-refractivity contribution in [2.45, 2.75) is 32.1 Å². The minimum atomic E-state index is 0.220. The highest BCUT2D eigenvalue weighted by Crippen LogP contribution is 2.41. The summed E-state index contributed by atoms with van der Waals surface area (Å²) in [5.74, 6) is 1.18. The van der Waals surface area contributed by atoms with Gasteiger partial charge in [0, 0.05) is 37.2 Å². The summed E-state index contributed by atoms with van der Waals surface area (Å²) in [6.45, 7) is 5.60. The zero-order chi connectivity index (χ0) is 17.6. The average Bonchev–Trinajstić information content (AvgIpc) is 3.40. The lowest BCUT2D eigenvalue weighted by Gasteiger charge is -2.40. The summed E-state index contributed by atoms with van der Waals surface area (Å²) in [7, 11) is 0. The molecule has 1 spiro atoms. The van der Waals surface area contributed by atoms with Gasteiger partial charge in [-0.15, -0.1) is 0 Å². The predicted octanol–water partition coefficient (Wildman–Crippen LogP) is 4.18. The lowest BCUT2D eigenvalue weighted by atomic mass is 9.79. The molecule has 26 heavy (non-hydrogen) atoms. The number of carbonyl (C=O) groups excluding carboxylic acids is 1. The Morgan fingerprint density at radius 3 is 2.73 bits per heavy atom. The van der Waals surface area contributed by atoms with Gasteiger partial charge in [-0.1, -0.05) is 36.4 Å². The zero-order valence-electron chi connectivity index (χ0n) is 15.5. The number of benzene rings is 2. The Kier molecular flexibility index (Phi) is 4.00. The first-order valence-electron chi connectivity index (χ1n) is 10.2. The maximum atomic E-state index is 13.3. The molecular formula is C23H28N2O. The van der Waals surface area contributed by atoms with E-state index < -0.39 is 0 Å². The van der Waals surface area contributed by atoms with Crippen molar-refractivity contribution in [2.75, 3.05) is 32.7 Å². The molecule has 5 rings (SSSR count). The van der Waals surface area contributed by atoms with Crippen LogP contribution in [0.3, 0.4) is 0 Å². The van der Waals surface area contributed by atoms with Gasteiger partial charge in [0.25, 0.3) is 5.91 Å². The van der Waals surface area contributed by atoms with Gasteiger partial charge in [0.05, 0.1) is 0 Å². The van der Waals surface area contributed by atoms with E-state index in [0.717, 1.165) is 35.3 Å². The molecule has 0 radical (unpaired) electrons. The third-order valence-electron chi connectivity index (χ3n) is 6.70. The van der Waals surface area contributed by atoms with Crippen molar-refractivity contribution in [1.29, 1.82) is 0 Å². The number of likely N-dealkylation sites (tertiary alicyclic amines) is 2. The largest absolute Gasteiger partial charge is 0.338 e. The molecule has 0 bridgehead atoms. The molecule has 2 aliphatic heterocycles. The highest BCUT2D eigenvalue weighted by molar-refractivity contribution is 6.07. The monoisotopic (exact) mass is 348 g/mol. The van der Waals surface area contributed by atoms with E-state index >= 15 is 0 Å². The van der Waals surface area contributed by atoms with Gasteiger partial charge in [-0.3, -0.25) is 4.79 Å². The van der Waals surface area contributed by atoms with Gasteiger partial charge in [0.2, 0.25) is 0 Å². The molecule has 1 amide bonds. The molecule has 0 N–H and O–H groups in total. The second-order valence-electron chi connectivity index (χ2n) is 8.79. The van der Waals surface area contributed by atoms with Gasteiger partial charge in [-0.2, -0.15) is 0 Å². The van der Waals surface area contributed by atoms with Crippen LogP contribution in [0, 0.1) is 11.3 Å². The zero-order valence-corrected chi connectivity index (χ0v) is 15.5. The molecule has 0 unspecified atom stereocenters. The molecule has 0 aromatic heterocycles. The molecule has 2 heterocycles. The first-order chi connectivity index (χ1) is 12.7. The second-order valence-corrected chi connectivity index (χ2v) is 8.79. The highest BCUT2D eigenvalue weighted by Gasteiger charge is 2.43. The Morgan fingerprint density at radius 2 is 1.85 bits per heavy atom. The number of hydrogen-bond acceptors (Lipinski definition) is 2. The van der Waals surface area contributed by atoms with Crippen LogP contribution in [0.2, 0.25) is 0 Å². The quantitative estimate of drug-likeness (QED) is 0.831. The number of amides is 1. The van der Waals surface area contributed by atoms with Crippen LogP contribution in [0.1, 0.15) is 42.5 Å². The summed E-state index contributed by atoms with van der Waals surface area (Å²) >= 11 is 0. The van der Waals surface area contributed by atoms with Crippen molar-refractivity contribution in [3.63, 3.8) is 0 Å². The van der Waals surface area contributed by atoms with Crippen LogP contribution in [0.15, 0.2) is 42.5 Å². The number of nitrogens with zero attached hydrogens (tertiary/aromatic N) is 2. The van der Waals surface area contributed by atoms with Crippen molar-refractivity contribution in [1.82, 2.24) is 9.80 Å². The fourth-order valence-corrected chi connectivity index (χ4v) is 5.16. The van der Waals surface area contributed by atoms with Gasteiger partial charge >= 0.3 is 0 Å². The Balaban J connectivity index is 1.34. The summed E-state index contributed by atoms with van der Waals surface area (Å²) in [5, 5.41) is 2.24. The molecule has 1 atom stereocenters. The van der Waals surface area contributed by atoms with Gasteiger partial charge in [0.1, 0.15) is 0 Å². The number of hydrogen-bond donors (Lipinski definition) is 0. The van der Waals surface area contributed by atoms with Crippen molar-refractivity contribution in [3.05, 3.63) is 48.0 Å². The van der Waals surface area contributed by atoms with E-state index in [1.165, 1.54) is 51.7 Å². The van der Waals surface area contributed by atoms with Gasteiger partial charge in [0.15, 0.2) is 0 Å². The van der Waals surface area contributed by atoms with E-state index in [-0.39, 0.29) is 5.91 Å². The van der Waals surface area contributed by atoms with Crippen LogP contribution in [0.25, 0.3) is 10.8 Å². The fourth-order valence-electron chi connectivity index (χ4n) is 5.16. The third-order valence-corrected chi connectivity index (χ3v) is 6.70. The summed E-state index contributed by atoms with van der Waals surface area (Å²) in [6, 6.07) is 14.3. The van der Waals surface area contributed by atoms with Gasteiger partial charge in [-0.25, -0.2) is 0 Å². The number of piperidine rings is 1. The number of carbonyl (C=O) groups is 1. The van der Waals surface area contributed by atoms with Crippen LogP contribution in [0.4, 0.5) is 0 Å². The summed E-state index contributed by atoms with van der Waals surface area (Å²) in [4.78, 5) is 18.1. The molecule has 3 aliphatic rings. The third kappa shape index (κ3) is 3.03. The summed E-state index contributed by atoms with van der Waals surface area (Å²) in [6.07, 6.45) is 6.60. The maximum absolute atomic E-state index is 13.3. The molecule has 1 aliphatic carbocycles. The van der Waals surface area contributed by atoms with E-state index in [4.69, 9.17) is 0 Å². The van der Waals surface area contributed by atoms with E-state index in [1.54, 1.807) is 0 Å². The number of fused-ring (bicyclic) bond motifs is 1. The molecule has 3 heteroatoms. The number of rotatable bonds is 3. The molecule has 1 saturated carbocycles.